The first kappa shape index (κ1) is 18.4. The zero-order chi connectivity index (χ0) is 18.8. The fourth-order valence-corrected chi connectivity index (χ4v) is 4.46. The van der Waals surface area contributed by atoms with E-state index in [9.17, 15) is 4.79 Å². The first-order chi connectivity index (χ1) is 13.1. The van der Waals surface area contributed by atoms with Crippen molar-refractivity contribution >= 4 is 23.2 Å². The number of hydrogen-bond donors (Lipinski definition) is 0. The Morgan fingerprint density at radius 2 is 1.78 bits per heavy atom. The molecule has 4 rings (SSSR count). The maximum Gasteiger partial charge on any atom is 0.226 e. The largest absolute Gasteiger partial charge is 0.372 e. The Labute approximate surface area is 166 Å². The van der Waals surface area contributed by atoms with Crippen LogP contribution in [-0.2, 0) is 11.3 Å². The second-order valence-electron chi connectivity index (χ2n) is 7.88. The molecule has 0 N–H and O–H groups in total. The number of amides is 1. The molecule has 1 saturated carbocycles. The van der Waals surface area contributed by atoms with Crippen LogP contribution in [0.2, 0.25) is 5.02 Å². The van der Waals surface area contributed by atoms with E-state index in [0.717, 1.165) is 30.1 Å². The van der Waals surface area contributed by atoms with Crippen molar-refractivity contribution in [2.45, 2.75) is 38.1 Å². The van der Waals surface area contributed by atoms with Crippen LogP contribution in [0.25, 0.3) is 0 Å². The number of piperidine rings is 1. The van der Waals surface area contributed by atoms with E-state index in [1.165, 1.54) is 30.5 Å². The molecule has 0 spiro atoms. The lowest BCUT2D eigenvalue weighted by molar-refractivity contribution is -0.131. The number of benzene rings is 2. The quantitative estimate of drug-likeness (QED) is 0.718. The smallest absolute Gasteiger partial charge is 0.226 e. The van der Waals surface area contributed by atoms with Crippen LogP contribution in [0, 0.1) is 5.92 Å². The maximum absolute atomic E-state index is 12.8. The summed E-state index contributed by atoms with van der Waals surface area (Å²) in [5.41, 5.74) is 3.59. The van der Waals surface area contributed by atoms with E-state index in [4.69, 9.17) is 11.6 Å². The van der Waals surface area contributed by atoms with Gasteiger partial charge in [0.2, 0.25) is 5.91 Å². The van der Waals surface area contributed by atoms with Crippen LogP contribution >= 0.6 is 11.6 Å². The Balaban J connectivity index is 1.34. The summed E-state index contributed by atoms with van der Waals surface area (Å²) in [7, 11) is 1.91. The van der Waals surface area contributed by atoms with Crippen molar-refractivity contribution in [1.82, 2.24) is 4.90 Å². The average Bonchev–Trinajstić information content (AvgIpc) is 3.49. The maximum atomic E-state index is 12.8. The highest BCUT2D eigenvalue weighted by Crippen LogP contribution is 2.50. The van der Waals surface area contributed by atoms with Gasteiger partial charge in [-0.05, 0) is 60.9 Å². The number of carbonyl (C=O) groups excluding carboxylic acids is 1. The summed E-state index contributed by atoms with van der Waals surface area (Å²) in [5, 5.41) is 0.772. The number of anilines is 1. The zero-order valence-electron chi connectivity index (χ0n) is 15.9. The SMILES string of the molecule is CN(Cc1ccc(N2CCCCC2)cc1)C(=O)C1CC1c1ccccc1Cl. The van der Waals surface area contributed by atoms with Crippen molar-refractivity contribution in [2.75, 3.05) is 25.0 Å². The fourth-order valence-electron chi connectivity index (χ4n) is 4.19. The number of halogens is 1. The minimum atomic E-state index is 0.0718. The van der Waals surface area contributed by atoms with Gasteiger partial charge in [0, 0.05) is 43.3 Å². The minimum absolute atomic E-state index is 0.0718. The van der Waals surface area contributed by atoms with Crippen LogP contribution in [0.15, 0.2) is 48.5 Å². The van der Waals surface area contributed by atoms with Crippen molar-refractivity contribution < 1.29 is 4.79 Å². The molecule has 2 aromatic rings. The lowest BCUT2D eigenvalue weighted by atomic mass is 10.1. The third-order valence-corrected chi connectivity index (χ3v) is 6.21. The Kier molecular flexibility index (Phi) is 5.40. The van der Waals surface area contributed by atoms with Gasteiger partial charge in [0.1, 0.15) is 0 Å². The second-order valence-corrected chi connectivity index (χ2v) is 8.29. The van der Waals surface area contributed by atoms with Gasteiger partial charge in [0.25, 0.3) is 0 Å². The molecule has 2 aliphatic rings. The minimum Gasteiger partial charge on any atom is -0.372 e. The van der Waals surface area contributed by atoms with Crippen molar-refractivity contribution in [3.8, 4) is 0 Å². The van der Waals surface area contributed by atoms with Gasteiger partial charge in [-0.15, -0.1) is 0 Å². The van der Waals surface area contributed by atoms with E-state index >= 15 is 0 Å². The molecule has 2 atom stereocenters. The molecule has 2 fully saturated rings. The highest BCUT2D eigenvalue weighted by molar-refractivity contribution is 6.31. The third-order valence-electron chi connectivity index (χ3n) is 5.87. The van der Waals surface area contributed by atoms with Gasteiger partial charge in [-0.25, -0.2) is 0 Å². The zero-order valence-corrected chi connectivity index (χ0v) is 16.7. The van der Waals surface area contributed by atoms with E-state index < -0.39 is 0 Å². The summed E-state index contributed by atoms with van der Waals surface area (Å²) in [6.07, 6.45) is 4.82. The molecule has 1 saturated heterocycles. The summed E-state index contributed by atoms with van der Waals surface area (Å²) < 4.78 is 0. The van der Waals surface area contributed by atoms with Crippen LogP contribution < -0.4 is 4.90 Å². The molecule has 3 nitrogen and oxygen atoms in total. The van der Waals surface area contributed by atoms with E-state index in [1.54, 1.807) is 0 Å². The van der Waals surface area contributed by atoms with Crippen LogP contribution in [-0.4, -0.2) is 30.9 Å². The fraction of sp³-hybridized carbons (Fsp3) is 0.435. The van der Waals surface area contributed by atoms with Gasteiger partial charge in [-0.1, -0.05) is 41.9 Å². The summed E-state index contributed by atoms with van der Waals surface area (Å²) in [4.78, 5) is 17.1. The van der Waals surface area contributed by atoms with E-state index in [2.05, 4.69) is 29.2 Å². The topological polar surface area (TPSA) is 23.6 Å². The Morgan fingerprint density at radius 3 is 2.48 bits per heavy atom. The molecule has 1 aliphatic heterocycles. The number of rotatable bonds is 5. The molecular weight excluding hydrogens is 356 g/mol. The van der Waals surface area contributed by atoms with Gasteiger partial charge in [-0.3, -0.25) is 4.79 Å². The van der Waals surface area contributed by atoms with Crippen molar-refractivity contribution in [3.63, 3.8) is 0 Å². The molecule has 1 heterocycles. The molecule has 1 aliphatic carbocycles. The molecule has 0 bridgehead atoms. The van der Waals surface area contributed by atoms with Crippen LogP contribution in [0.1, 0.15) is 42.7 Å². The molecule has 142 valence electrons. The van der Waals surface area contributed by atoms with Crippen LogP contribution in [0.5, 0.6) is 0 Å². The molecule has 2 aromatic carbocycles. The average molecular weight is 383 g/mol. The monoisotopic (exact) mass is 382 g/mol. The van der Waals surface area contributed by atoms with E-state index in [-0.39, 0.29) is 17.7 Å². The van der Waals surface area contributed by atoms with E-state index in [0.29, 0.717) is 6.54 Å². The van der Waals surface area contributed by atoms with Gasteiger partial charge in [0.15, 0.2) is 0 Å². The molecule has 2 unspecified atom stereocenters. The molecule has 27 heavy (non-hydrogen) atoms. The molecule has 4 heteroatoms. The number of nitrogens with zero attached hydrogens (tertiary/aromatic N) is 2. The Hall–Kier alpha value is -2.00. The summed E-state index contributed by atoms with van der Waals surface area (Å²) in [6, 6.07) is 16.6. The molecule has 0 aromatic heterocycles. The van der Waals surface area contributed by atoms with Gasteiger partial charge >= 0.3 is 0 Å². The summed E-state index contributed by atoms with van der Waals surface area (Å²) in [6.45, 7) is 2.97. The van der Waals surface area contributed by atoms with Gasteiger partial charge in [0.05, 0.1) is 0 Å². The summed E-state index contributed by atoms with van der Waals surface area (Å²) >= 11 is 6.29. The Morgan fingerprint density at radius 1 is 1.07 bits per heavy atom. The summed E-state index contributed by atoms with van der Waals surface area (Å²) in [5.74, 6) is 0.567. The lowest BCUT2D eigenvalue weighted by Crippen LogP contribution is -2.29. The Bertz CT molecular complexity index is 798. The lowest BCUT2D eigenvalue weighted by Gasteiger charge is -2.29. The first-order valence-electron chi connectivity index (χ1n) is 9.97. The number of hydrogen-bond acceptors (Lipinski definition) is 2. The predicted octanol–water partition coefficient (Wildman–Crippen LogP) is 5.09. The van der Waals surface area contributed by atoms with E-state index in [1.807, 2.05) is 36.2 Å². The van der Waals surface area contributed by atoms with Gasteiger partial charge in [-0.2, -0.15) is 0 Å². The van der Waals surface area contributed by atoms with Crippen molar-refractivity contribution in [3.05, 3.63) is 64.7 Å². The normalized spacial score (nSPS) is 21.8. The van der Waals surface area contributed by atoms with Crippen molar-refractivity contribution in [1.29, 1.82) is 0 Å². The third kappa shape index (κ3) is 4.14. The van der Waals surface area contributed by atoms with Crippen LogP contribution in [0.3, 0.4) is 0 Å². The molecule has 1 amide bonds. The van der Waals surface area contributed by atoms with Crippen LogP contribution in [0.4, 0.5) is 5.69 Å². The standard InChI is InChI=1S/C23H27ClN2O/c1-25(23(27)21-15-20(21)19-7-3-4-8-22(19)24)16-17-9-11-18(12-10-17)26-13-5-2-6-14-26/h3-4,7-12,20-21H,2,5-6,13-16H2,1H3. The first-order valence-corrected chi connectivity index (χ1v) is 10.3. The molecular formula is C23H27ClN2O. The highest BCUT2D eigenvalue weighted by Gasteiger charge is 2.45. The highest BCUT2D eigenvalue weighted by atomic mass is 35.5. The van der Waals surface area contributed by atoms with Crippen molar-refractivity contribution in [2.24, 2.45) is 5.92 Å². The number of carbonyl (C=O) groups is 1. The predicted molar refractivity (Wildman–Crippen MR) is 111 cm³/mol. The second kappa shape index (κ2) is 7.93. The van der Waals surface area contributed by atoms with Gasteiger partial charge < -0.3 is 9.80 Å². The molecule has 0 radical (unpaired) electrons.